The lowest BCUT2D eigenvalue weighted by atomic mass is 10.2. The van der Waals surface area contributed by atoms with E-state index in [1.807, 2.05) is 26.0 Å². The van der Waals surface area contributed by atoms with Gasteiger partial charge in [0.2, 0.25) is 5.91 Å². The van der Waals surface area contributed by atoms with Gasteiger partial charge in [0.1, 0.15) is 11.8 Å². The number of carbonyl (C=O) groups excluding carboxylic acids is 1. The summed E-state index contributed by atoms with van der Waals surface area (Å²) in [5.74, 6) is 0.0819. The molecule has 0 spiro atoms. The van der Waals surface area contributed by atoms with Crippen molar-refractivity contribution in [1.82, 2.24) is 15.2 Å². The highest BCUT2D eigenvalue weighted by atomic mass is 16.2. The normalized spacial score (nSPS) is 15.8. The molecule has 0 unspecified atom stereocenters. The van der Waals surface area contributed by atoms with Crippen LogP contribution in [0.1, 0.15) is 19.5 Å². The Kier molecular flexibility index (Phi) is 5.12. The zero-order chi connectivity index (χ0) is 15.2. The SMILES string of the molecule is CC(C)NC(=O)CN1CCN(c2ccc(C#N)nc2)CC1. The molecule has 1 fully saturated rings. The molecule has 2 rings (SSSR count). The average Bonchev–Trinajstić information content (AvgIpc) is 2.47. The quantitative estimate of drug-likeness (QED) is 0.878. The Morgan fingerprint density at radius 1 is 1.38 bits per heavy atom. The van der Waals surface area contributed by atoms with Gasteiger partial charge in [0, 0.05) is 32.2 Å². The molecule has 0 aromatic carbocycles. The Bertz CT molecular complexity index is 512. The third-order valence-corrected chi connectivity index (χ3v) is 3.42. The summed E-state index contributed by atoms with van der Waals surface area (Å²) in [5.41, 5.74) is 1.46. The number of anilines is 1. The van der Waals surface area contributed by atoms with Gasteiger partial charge in [-0.3, -0.25) is 9.69 Å². The topological polar surface area (TPSA) is 72.3 Å². The van der Waals surface area contributed by atoms with Crippen LogP contribution in [0.4, 0.5) is 5.69 Å². The van der Waals surface area contributed by atoms with E-state index < -0.39 is 0 Å². The molecule has 1 aliphatic heterocycles. The number of amides is 1. The number of hydrogen-bond donors (Lipinski definition) is 1. The van der Waals surface area contributed by atoms with E-state index in [2.05, 4.69) is 20.1 Å². The number of carbonyl (C=O) groups is 1. The number of aromatic nitrogens is 1. The van der Waals surface area contributed by atoms with Gasteiger partial charge < -0.3 is 10.2 Å². The van der Waals surface area contributed by atoms with Gasteiger partial charge in [-0.1, -0.05) is 0 Å². The van der Waals surface area contributed by atoms with Crippen LogP contribution >= 0.6 is 0 Å². The standard InChI is InChI=1S/C15H21N5O/c1-12(2)18-15(21)11-19-5-7-20(8-6-19)14-4-3-13(9-16)17-10-14/h3-4,10,12H,5-8,11H2,1-2H3,(H,18,21). The first-order chi connectivity index (χ1) is 10.1. The summed E-state index contributed by atoms with van der Waals surface area (Å²) in [4.78, 5) is 20.2. The molecule has 1 amide bonds. The number of nitriles is 1. The predicted molar refractivity (Wildman–Crippen MR) is 80.9 cm³/mol. The van der Waals surface area contributed by atoms with Crippen molar-refractivity contribution in [3.8, 4) is 6.07 Å². The van der Waals surface area contributed by atoms with Gasteiger partial charge in [-0.05, 0) is 26.0 Å². The summed E-state index contributed by atoms with van der Waals surface area (Å²) in [5, 5.41) is 11.7. The highest BCUT2D eigenvalue weighted by Gasteiger charge is 2.19. The molecular weight excluding hydrogens is 266 g/mol. The largest absolute Gasteiger partial charge is 0.368 e. The van der Waals surface area contributed by atoms with E-state index in [9.17, 15) is 4.79 Å². The Labute approximate surface area is 125 Å². The van der Waals surface area contributed by atoms with Gasteiger partial charge in [0.15, 0.2) is 0 Å². The van der Waals surface area contributed by atoms with Crippen molar-refractivity contribution in [2.45, 2.75) is 19.9 Å². The maximum absolute atomic E-state index is 11.7. The number of rotatable bonds is 4. The lowest BCUT2D eigenvalue weighted by Crippen LogP contribution is -2.50. The van der Waals surface area contributed by atoms with Crippen molar-refractivity contribution in [1.29, 1.82) is 5.26 Å². The molecule has 0 radical (unpaired) electrons. The lowest BCUT2D eigenvalue weighted by molar-refractivity contribution is -0.122. The molecule has 0 saturated carbocycles. The molecule has 1 aromatic heterocycles. The van der Waals surface area contributed by atoms with E-state index in [1.54, 1.807) is 12.3 Å². The van der Waals surface area contributed by atoms with Crippen LogP contribution in [-0.4, -0.2) is 54.6 Å². The van der Waals surface area contributed by atoms with Crippen LogP contribution in [0.25, 0.3) is 0 Å². The maximum atomic E-state index is 11.7. The summed E-state index contributed by atoms with van der Waals surface area (Å²) in [6.07, 6.45) is 1.74. The second-order valence-electron chi connectivity index (χ2n) is 5.50. The molecule has 2 heterocycles. The number of pyridine rings is 1. The number of nitrogens with zero attached hydrogens (tertiary/aromatic N) is 4. The molecule has 21 heavy (non-hydrogen) atoms. The zero-order valence-corrected chi connectivity index (χ0v) is 12.5. The molecule has 1 aliphatic rings. The van der Waals surface area contributed by atoms with Gasteiger partial charge in [0.25, 0.3) is 0 Å². The molecule has 1 N–H and O–H groups in total. The first-order valence-electron chi connectivity index (χ1n) is 7.21. The van der Waals surface area contributed by atoms with Crippen molar-refractivity contribution >= 4 is 11.6 Å². The second-order valence-corrected chi connectivity index (χ2v) is 5.50. The highest BCUT2D eigenvalue weighted by Crippen LogP contribution is 2.15. The van der Waals surface area contributed by atoms with Gasteiger partial charge in [-0.25, -0.2) is 4.98 Å². The Morgan fingerprint density at radius 3 is 2.62 bits per heavy atom. The van der Waals surface area contributed by atoms with Crippen molar-refractivity contribution in [2.24, 2.45) is 0 Å². The minimum Gasteiger partial charge on any atom is -0.368 e. The summed E-state index contributed by atoms with van der Waals surface area (Å²) in [6.45, 7) is 7.82. The lowest BCUT2D eigenvalue weighted by Gasteiger charge is -2.35. The van der Waals surface area contributed by atoms with Gasteiger partial charge in [-0.2, -0.15) is 5.26 Å². The molecule has 0 atom stereocenters. The van der Waals surface area contributed by atoms with E-state index in [-0.39, 0.29) is 11.9 Å². The number of hydrogen-bond acceptors (Lipinski definition) is 5. The Hall–Kier alpha value is -2.13. The smallest absolute Gasteiger partial charge is 0.234 e. The van der Waals surface area contributed by atoms with E-state index in [0.717, 1.165) is 31.9 Å². The van der Waals surface area contributed by atoms with Crippen LogP contribution in [0.5, 0.6) is 0 Å². The van der Waals surface area contributed by atoms with Gasteiger partial charge >= 0.3 is 0 Å². The predicted octanol–water partition coefficient (Wildman–Crippen LogP) is 0.600. The van der Waals surface area contributed by atoms with Crippen molar-refractivity contribution in [3.63, 3.8) is 0 Å². The van der Waals surface area contributed by atoms with Crippen molar-refractivity contribution in [2.75, 3.05) is 37.6 Å². The summed E-state index contributed by atoms with van der Waals surface area (Å²) < 4.78 is 0. The van der Waals surface area contributed by atoms with Gasteiger partial charge in [0.05, 0.1) is 18.4 Å². The molecule has 1 saturated heterocycles. The Morgan fingerprint density at radius 2 is 2.10 bits per heavy atom. The van der Waals surface area contributed by atoms with Crippen LogP contribution < -0.4 is 10.2 Å². The highest BCUT2D eigenvalue weighted by molar-refractivity contribution is 5.78. The Balaban J connectivity index is 1.82. The van der Waals surface area contributed by atoms with Crippen LogP contribution in [0.15, 0.2) is 18.3 Å². The minimum atomic E-state index is 0.0819. The molecule has 6 nitrogen and oxygen atoms in total. The molecular formula is C15H21N5O. The number of nitrogens with one attached hydrogen (secondary N) is 1. The molecule has 0 bridgehead atoms. The third-order valence-electron chi connectivity index (χ3n) is 3.42. The fourth-order valence-electron chi connectivity index (χ4n) is 2.37. The van der Waals surface area contributed by atoms with Crippen molar-refractivity contribution < 1.29 is 4.79 Å². The van der Waals surface area contributed by atoms with E-state index >= 15 is 0 Å². The minimum absolute atomic E-state index is 0.0819. The van der Waals surface area contributed by atoms with E-state index in [1.165, 1.54) is 0 Å². The van der Waals surface area contributed by atoms with Crippen LogP contribution in [0, 0.1) is 11.3 Å². The zero-order valence-electron chi connectivity index (χ0n) is 12.5. The molecule has 6 heteroatoms. The van der Waals surface area contributed by atoms with E-state index in [0.29, 0.717) is 12.2 Å². The van der Waals surface area contributed by atoms with Gasteiger partial charge in [-0.15, -0.1) is 0 Å². The summed E-state index contributed by atoms with van der Waals surface area (Å²) in [6, 6.07) is 5.86. The van der Waals surface area contributed by atoms with E-state index in [4.69, 9.17) is 5.26 Å². The maximum Gasteiger partial charge on any atom is 0.234 e. The first kappa shape index (κ1) is 15.3. The van der Waals surface area contributed by atoms with Crippen LogP contribution in [0.2, 0.25) is 0 Å². The molecule has 1 aromatic rings. The first-order valence-corrected chi connectivity index (χ1v) is 7.21. The van der Waals surface area contributed by atoms with Crippen molar-refractivity contribution in [3.05, 3.63) is 24.0 Å². The fraction of sp³-hybridized carbons (Fsp3) is 0.533. The average molecular weight is 287 g/mol. The third kappa shape index (κ3) is 4.43. The fourth-order valence-corrected chi connectivity index (χ4v) is 2.37. The number of piperazine rings is 1. The van der Waals surface area contributed by atoms with Crippen LogP contribution in [0.3, 0.4) is 0 Å². The second kappa shape index (κ2) is 7.04. The monoisotopic (exact) mass is 287 g/mol. The van der Waals surface area contributed by atoms with Crippen LogP contribution in [-0.2, 0) is 4.79 Å². The summed E-state index contributed by atoms with van der Waals surface area (Å²) in [7, 11) is 0. The molecule has 112 valence electrons. The summed E-state index contributed by atoms with van der Waals surface area (Å²) >= 11 is 0. The molecule has 0 aliphatic carbocycles.